The van der Waals surface area contributed by atoms with Gasteiger partial charge >= 0.3 is 12.1 Å². The highest BCUT2D eigenvalue weighted by molar-refractivity contribution is 7.09. The molecule has 2 aliphatic heterocycles. The molecule has 3 heterocycles. The van der Waals surface area contributed by atoms with E-state index in [1.165, 1.54) is 28.4 Å². The van der Waals surface area contributed by atoms with Crippen molar-refractivity contribution >= 4 is 88.0 Å². The molecule has 8 N–H and O–H groups in total. The second kappa shape index (κ2) is 42.0. The van der Waals surface area contributed by atoms with E-state index in [1.807, 2.05) is 113 Å². The maximum absolute atomic E-state index is 14.9. The molecule has 12 amide bonds. The Balaban J connectivity index is 0.973. The van der Waals surface area contributed by atoms with Crippen LogP contribution in [-0.2, 0) is 76.8 Å². The fourth-order valence-corrected chi connectivity index (χ4v) is 14.0. The van der Waals surface area contributed by atoms with Crippen LogP contribution >= 0.6 is 11.3 Å². The molecule has 0 unspecified atom stereocenters. The molecule has 1 fully saturated rings. The van der Waals surface area contributed by atoms with Crippen molar-refractivity contribution in [2.24, 2.45) is 29.4 Å². The van der Waals surface area contributed by atoms with Crippen LogP contribution in [0.4, 0.5) is 21.0 Å². The molecule has 0 bridgehead atoms. The van der Waals surface area contributed by atoms with Gasteiger partial charge in [0, 0.05) is 96.0 Å². The van der Waals surface area contributed by atoms with Crippen molar-refractivity contribution < 1.29 is 67.0 Å². The van der Waals surface area contributed by atoms with E-state index in [0.717, 1.165) is 27.5 Å². The van der Waals surface area contributed by atoms with Crippen molar-refractivity contribution in [3.05, 3.63) is 124 Å². The molecule has 0 spiro atoms. The number of urea groups is 1. The fraction of sp³-hybridized carbons (Fsp3) is 0.553. The first-order valence-corrected chi connectivity index (χ1v) is 36.9. The van der Waals surface area contributed by atoms with Crippen molar-refractivity contribution in [2.45, 2.75) is 181 Å². The van der Waals surface area contributed by atoms with Gasteiger partial charge in [-0.05, 0) is 117 Å². The minimum absolute atomic E-state index is 0.0257. The van der Waals surface area contributed by atoms with Gasteiger partial charge in [-0.1, -0.05) is 116 Å². The lowest BCUT2D eigenvalue weighted by Gasteiger charge is -2.41. The third-order valence-electron chi connectivity index (χ3n) is 19.4. The van der Waals surface area contributed by atoms with Crippen LogP contribution in [0.1, 0.15) is 140 Å². The van der Waals surface area contributed by atoms with Crippen LogP contribution in [0, 0.1) is 23.7 Å². The van der Waals surface area contributed by atoms with Crippen LogP contribution in [0.5, 0.6) is 0 Å². The van der Waals surface area contributed by atoms with Crippen molar-refractivity contribution in [3.8, 4) is 0 Å². The Morgan fingerprint density at radius 2 is 1.42 bits per heavy atom. The number of aromatic nitrogens is 1. The number of thiazole rings is 1. The lowest BCUT2D eigenvalue weighted by atomic mass is 9.89. The summed E-state index contributed by atoms with van der Waals surface area (Å²) in [6.45, 7) is 14.5. The van der Waals surface area contributed by atoms with Crippen LogP contribution in [0.2, 0.25) is 0 Å². The third-order valence-corrected chi connectivity index (χ3v) is 20.3. The van der Waals surface area contributed by atoms with E-state index in [4.69, 9.17) is 19.9 Å². The number of hydrogen-bond donors (Lipinski definition) is 7. The molecule has 10 atom stereocenters. The molecule has 0 saturated carbocycles. The Bertz CT molecular complexity index is 3490. The summed E-state index contributed by atoms with van der Waals surface area (Å²) in [5, 5.41) is 19.5. The maximum Gasteiger partial charge on any atom is 0.414 e. The molecule has 1 saturated heterocycles. The van der Waals surface area contributed by atoms with Crippen LogP contribution in [0.3, 0.4) is 0 Å². The summed E-state index contributed by atoms with van der Waals surface area (Å²) in [6.07, 6.45) is 7.46. The highest BCUT2D eigenvalue weighted by Gasteiger charge is 2.44. The summed E-state index contributed by atoms with van der Waals surface area (Å²) in [7, 11) is 8.32. The standard InChI is InChI=1S/C76H109N13O14S/c1-13-50(6)68(60(101-11)45-65(94)88-41-21-25-59(88)69(102-12)51(7)70(95)83-58(73-78-39-43-104-73)44-53-22-16-14-17-23-53)87(10)74(98)66(48(2)3)84-72(97)67(49(4)5)85(8)42-37-52-29-33-56(34-30-52)86(9)76(100)103-47-54-27-31-55(32-28-54)81-71(96)57(24-20-38-79-75(77)99)82-62(91)46-80-61(90)26-18-15-19-40-89-63(92)35-36-64(89)93/h14,16-17,22-23,27-36,39,43,48-51,57-60,66-69H,13,15,18-21,24-26,37-38,40-42,44-47H2,1-12H3,(H,80,90)(H,81,96)(H,82,91)(H,83,95)(H,84,97)(H3,77,79,99)/t50-,51+,57-,58-,59-,60+,66-,67-,68-,69+/m0/s1. The number of rotatable bonds is 42. The van der Waals surface area contributed by atoms with Gasteiger partial charge in [-0.3, -0.25) is 57.9 Å². The predicted octanol–water partition coefficient (Wildman–Crippen LogP) is 7.05. The molecule has 568 valence electrons. The van der Waals surface area contributed by atoms with Crippen LogP contribution in [-0.4, -0.2) is 200 Å². The third kappa shape index (κ3) is 25.1. The lowest BCUT2D eigenvalue weighted by molar-refractivity contribution is -0.148. The molecule has 104 heavy (non-hydrogen) atoms. The maximum atomic E-state index is 14.9. The predicted molar refractivity (Wildman–Crippen MR) is 397 cm³/mol. The quantitative estimate of drug-likeness (QED) is 0.0173. The van der Waals surface area contributed by atoms with Gasteiger partial charge in [0.15, 0.2) is 0 Å². The van der Waals surface area contributed by atoms with E-state index < -0.39 is 72.8 Å². The number of anilines is 2. The average Bonchev–Trinajstić information content (AvgIpc) is 1.49. The molecule has 1 aromatic heterocycles. The van der Waals surface area contributed by atoms with E-state index in [2.05, 4.69) is 36.9 Å². The first kappa shape index (κ1) is 83.8. The van der Waals surface area contributed by atoms with Gasteiger partial charge < -0.3 is 61.6 Å². The monoisotopic (exact) mass is 1460 g/mol. The number of amides is 12. The minimum atomic E-state index is -1.05. The zero-order valence-electron chi connectivity index (χ0n) is 62.4. The Morgan fingerprint density at radius 1 is 0.740 bits per heavy atom. The van der Waals surface area contributed by atoms with Gasteiger partial charge in [-0.15, -0.1) is 11.3 Å². The van der Waals surface area contributed by atoms with Gasteiger partial charge in [0.25, 0.3) is 11.8 Å². The second-order valence-corrected chi connectivity index (χ2v) is 28.6. The normalized spacial score (nSPS) is 16.2. The summed E-state index contributed by atoms with van der Waals surface area (Å²) in [4.78, 5) is 158. The second-order valence-electron chi connectivity index (χ2n) is 27.6. The number of likely N-dealkylation sites (N-methyl/N-ethyl adjacent to an activating group) is 2. The Hall–Kier alpha value is -9.12. The zero-order valence-corrected chi connectivity index (χ0v) is 63.2. The van der Waals surface area contributed by atoms with Gasteiger partial charge in [0.2, 0.25) is 41.4 Å². The summed E-state index contributed by atoms with van der Waals surface area (Å²) >= 11 is 1.48. The minimum Gasteiger partial charge on any atom is -0.444 e. The van der Waals surface area contributed by atoms with Gasteiger partial charge in [0.05, 0.1) is 55.3 Å². The molecule has 2 aliphatic rings. The largest absolute Gasteiger partial charge is 0.444 e. The Labute approximate surface area is 615 Å². The van der Waals surface area contributed by atoms with Gasteiger partial charge in [-0.2, -0.15) is 0 Å². The topological polar surface area (TPSA) is 343 Å². The number of unbranched alkanes of at least 4 members (excludes halogenated alkanes) is 2. The molecule has 4 aromatic rings. The molecular formula is C76H109N13O14S. The molecule has 6 rings (SSSR count). The molecular weight excluding hydrogens is 1350 g/mol. The number of methoxy groups -OCH3 is 2. The summed E-state index contributed by atoms with van der Waals surface area (Å²) < 4.78 is 17.9. The van der Waals surface area contributed by atoms with Crippen molar-refractivity contribution in [1.82, 2.24) is 51.2 Å². The highest BCUT2D eigenvalue weighted by Crippen LogP contribution is 2.31. The summed E-state index contributed by atoms with van der Waals surface area (Å²) in [5.41, 5.74) is 8.80. The smallest absolute Gasteiger partial charge is 0.414 e. The van der Waals surface area contributed by atoms with E-state index in [9.17, 15) is 52.7 Å². The van der Waals surface area contributed by atoms with Crippen molar-refractivity contribution in [1.29, 1.82) is 0 Å². The van der Waals surface area contributed by atoms with Gasteiger partial charge in [0.1, 0.15) is 23.7 Å². The number of imide groups is 1. The highest BCUT2D eigenvalue weighted by atomic mass is 32.1. The molecule has 0 radical (unpaired) electrons. The fourth-order valence-electron chi connectivity index (χ4n) is 13.3. The molecule has 3 aromatic carbocycles. The number of carbonyl (C=O) groups excluding carboxylic acids is 11. The van der Waals surface area contributed by atoms with E-state index in [1.54, 1.807) is 75.8 Å². The van der Waals surface area contributed by atoms with E-state index in [-0.39, 0.29) is 117 Å². The first-order chi connectivity index (χ1) is 49.7. The Kier molecular flexibility index (Phi) is 33.8. The van der Waals surface area contributed by atoms with Crippen LogP contribution < -0.4 is 42.5 Å². The van der Waals surface area contributed by atoms with E-state index in [0.29, 0.717) is 75.0 Å². The van der Waals surface area contributed by atoms with Gasteiger partial charge in [-0.25, -0.2) is 14.6 Å². The molecule has 0 aliphatic carbocycles. The first-order valence-electron chi connectivity index (χ1n) is 36.0. The number of ether oxygens (including phenoxy) is 3. The zero-order chi connectivity index (χ0) is 76.2. The lowest BCUT2D eigenvalue weighted by Crippen LogP contribution is -2.60. The van der Waals surface area contributed by atoms with Crippen molar-refractivity contribution in [2.75, 3.05) is 78.3 Å². The summed E-state index contributed by atoms with van der Waals surface area (Å²) in [6, 6.07) is 19.4. The number of hydrogen-bond acceptors (Lipinski definition) is 17. The number of carbonyl (C=O) groups is 11. The summed E-state index contributed by atoms with van der Waals surface area (Å²) in [5.74, 6) is -4.42. The number of nitrogens with one attached hydrogen (secondary N) is 6. The molecule has 27 nitrogen and oxygen atoms in total. The average molecular weight is 1460 g/mol. The van der Waals surface area contributed by atoms with E-state index >= 15 is 0 Å². The number of likely N-dealkylation sites (tertiary alicyclic amines) is 1. The number of benzene rings is 3. The van der Waals surface area contributed by atoms with Crippen molar-refractivity contribution in [3.63, 3.8) is 0 Å². The number of nitrogens with zero attached hydrogens (tertiary/aromatic N) is 6. The van der Waals surface area contributed by atoms with Crippen LogP contribution in [0.15, 0.2) is 103 Å². The number of primary amides is 1. The number of nitrogens with two attached hydrogens (primary N) is 1. The van der Waals surface area contributed by atoms with Crippen LogP contribution in [0.25, 0.3) is 0 Å². The Morgan fingerprint density at radius 3 is 2.04 bits per heavy atom. The SMILES string of the molecule is CC[C@H](C)[C@@H]([C@@H](CC(=O)N1CCC[C@H]1[C@H](OC)[C@@H](C)C(=O)N[C@@H](Cc1ccccc1)c1nccs1)OC)N(C)C(=O)[C@@H](NC(=O)[C@H](C(C)C)N(C)CCc1ccc(N(C)C(=O)OCc2ccc(NC(=O)[C@H](CCCNC(N)=O)NC(=O)CNC(=O)CCCCCN3C(=O)C=CC3=O)cc2)cc1)C(C)C. The molecule has 28 heteroatoms.